The summed E-state index contributed by atoms with van der Waals surface area (Å²) in [4.78, 5) is 24.3. The van der Waals surface area contributed by atoms with E-state index in [2.05, 4.69) is 0 Å². The lowest BCUT2D eigenvalue weighted by atomic mass is 10.1. The number of rotatable bonds is 4. The molecule has 2 rings (SSSR count). The Kier molecular flexibility index (Phi) is 4.40. The molecule has 1 atom stereocenters. The van der Waals surface area contributed by atoms with Gasteiger partial charge < -0.3 is 9.30 Å². The van der Waals surface area contributed by atoms with Gasteiger partial charge in [0.25, 0.3) is 0 Å². The number of aromatic nitrogens is 1. The van der Waals surface area contributed by atoms with Gasteiger partial charge in [-0.25, -0.2) is 9.18 Å². The SMILES string of the molecule is CCOC(=O)c1cn(C(C)CC)c2cc(F)ccc2c1=O. The molecule has 0 N–H and O–H groups in total. The molecule has 2 aromatic rings. The van der Waals surface area contributed by atoms with Crippen LogP contribution in [-0.2, 0) is 4.74 Å². The number of pyridine rings is 1. The lowest BCUT2D eigenvalue weighted by Crippen LogP contribution is -2.22. The number of carbonyl (C=O) groups excluding carboxylic acids is 1. The van der Waals surface area contributed by atoms with Crippen LogP contribution in [-0.4, -0.2) is 17.1 Å². The van der Waals surface area contributed by atoms with Crippen LogP contribution in [0.15, 0.2) is 29.2 Å². The average molecular weight is 291 g/mol. The standard InChI is InChI=1S/C16H18FNO3/c1-4-10(3)18-9-13(16(20)21-5-2)15(19)12-7-6-11(17)8-14(12)18/h6-10H,4-5H2,1-3H3. The maximum atomic E-state index is 13.5. The van der Waals surface area contributed by atoms with Crippen LogP contribution in [0.1, 0.15) is 43.6 Å². The number of benzene rings is 1. The van der Waals surface area contributed by atoms with Gasteiger partial charge >= 0.3 is 5.97 Å². The summed E-state index contributed by atoms with van der Waals surface area (Å²) in [7, 11) is 0. The maximum Gasteiger partial charge on any atom is 0.343 e. The summed E-state index contributed by atoms with van der Waals surface area (Å²) in [6.45, 7) is 5.81. The minimum absolute atomic E-state index is 0.0174. The summed E-state index contributed by atoms with van der Waals surface area (Å²) in [5.41, 5.74) is 0.0432. The Bertz CT molecular complexity index is 736. The van der Waals surface area contributed by atoms with Crippen molar-refractivity contribution in [1.29, 1.82) is 0 Å². The molecule has 21 heavy (non-hydrogen) atoms. The van der Waals surface area contributed by atoms with Crippen molar-refractivity contribution < 1.29 is 13.9 Å². The molecule has 5 heteroatoms. The lowest BCUT2D eigenvalue weighted by Gasteiger charge is -2.18. The van der Waals surface area contributed by atoms with Gasteiger partial charge in [0.1, 0.15) is 11.4 Å². The Hall–Kier alpha value is -2.17. The van der Waals surface area contributed by atoms with Gasteiger partial charge in [-0.15, -0.1) is 0 Å². The van der Waals surface area contributed by atoms with Crippen molar-refractivity contribution in [2.24, 2.45) is 0 Å². The van der Waals surface area contributed by atoms with E-state index in [1.807, 2.05) is 13.8 Å². The lowest BCUT2D eigenvalue weighted by molar-refractivity contribution is 0.0524. The van der Waals surface area contributed by atoms with Crippen LogP contribution < -0.4 is 5.43 Å². The fraction of sp³-hybridized carbons (Fsp3) is 0.375. The van der Waals surface area contributed by atoms with E-state index in [0.29, 0.717) is 10.9 Å². The first-order valence-electron chi connectivity index (χ1n) is 7.01. The zero-order valence-electron chi connectivity index (χ0n) is 12.4. The van der Waals surface area contributed by atoms with Gasteiger partial charge in [0, 0.05) is 17.6 Å². The fourth-order valence-electron chi connectivity index (χ4n) is 2.24. The Morgan fingerprint density at radius 1 is 1.38 bits per heavy atom. The third kappa shape index (κ3) is 2.82. The minimum Gasteiger partial charge on any atom is -0.462 e. The molecule has 1 aromatic heterocycles. The smallest absolute Gasteiger partial charge is 0.343 e. The number of carbonyl (C=O) groups is 1. The molecule has 0 amide bonds. The van der Waals surface area contributed by atoms with Gasteiger partial charge in [0.2, 0.25) is 5.43 Å². The van der Waals surface area contributed by atoms with Crippen LogP contribution >= 0.6 is 0 Å². The number of hydrogen-bond acceptors (Lipinski definition) is 3. The molecule has 0 spiro atoms. The van der Waals surface area contributed by atoms with E-state index in [-0.39, 0.29) is 18.2 Å². The van der Waals surface area contributed by atoms with Gasteiger partial charge in [-0.1, -0.05) is 6.92 Å². The van der Waals surface area contributed by atoms with E-state index in [0.717, 1.165) is 6.42 Å². The number of nitrogens with zero attached hydrogens (tertiary/aromatic N) is 1. The largest absolute Gasteiger partial charge is 0.462 e. The van der Waals surface area contributed by atoms with Crippen molar-refractivity contribution in [3.63, 3.8) is 0 Å². The molecule has 0 aliphatic rings. The van der Waals surface area contributed by atoms with Crippen LogP contribution in [0.25, 0.3) is 10.9 Å². The van der Waals surface area contributed by atoms with E-state index < -0.39 is 17.2 Å². The zero-order chi connectivity index (χ0) is 15.6. The van der Waals surface area contributed by atoms with E-state index in [4.69, 9.17) is 4.74 Å². The first kappa shape index (κ1) is 15.2. The third-order valence-corrected chi connectivity index (χ3v) is 3.56. The summed E-state index contributed by atoms with van der Waals surface area (Å²) in [5.74, 6) is -1.06. The van der Waals surface area contributed by atoms with Crippen molar-refractivity contribution in [3.8, 4) is 0 Å². The van der Waals surface area contributed by atoms with Gasteiger partial charge in [0.15, 0.2) is 0 Å². The zero-order valence-corrected chi connectivity index (χ0v) is 12.4. The predicted octanol–water partition coefficient (Wildman–Crippen LogP) is 3.29. The first-order valence-corrected chi connectivity index (χ1v) is 7.01. The number of halogens is 1. The molecule has 1 aromatic carbocycles. The second-order valence-electron chi connectivity index (χ2n) is 4.92. The highest BCUT2D eigenvalue weighted by Crippen LogP contribution is 2.20. The van der Waals surface area contributed by atoms with Crippen LogP contribution in [0, 0.1) is 5.82 Å². The third-order valence-electron chi connectivity index (χ3n) is 3.56. The van der Waals surface area contributed by atoms with Crippen LogP contribution in [0.2, 0.25) is 0 Å². The highest BCUT2D eigenvalue weighted by Gasteiger charge is 2.18. The topological polar surface area (TPSA) is 48.3 Å². The molecule has 4 nitrogen and oxygen atoms in total. The van der Waals surface area contributed by atoms with Gasteiger partial charge in [-0.05, 0) is 38.5 Å². The van der Waals surface area contributed by atoms with E-state index in [9.17, 15) is 14.0 Å². The number of fused-ring (bicyclic) bond motifs is 1. The van der Waals surface area contributed by atoms with Crippen molar-refractivity contribution in [2.75, 3.05) is 6.61 Å². The molecule has 1 heterocycles. The summed E-state index contributed by atoms with van der Waals surface area (Å²) >= 11 is 0. The highest BCUT2D eigenvalue weighted by atomic mass is 19.1. The molecule has 0 aliphatic heterocycles. The summed E-state index contributed by atoms with van der Waals surface area (Å²) < 4.78 is 20.2. The summed E-state index contributed by atoms with van der Waals surface area (Å²) in [5, 5.41) is 0.322. The molecule has 112 valence electrons. The fourth-order valence-corrected chi connectivity index (χ4v) is 2.24. The van der Waals surface area contributed by atoms with Crippen LogP contribution in [0.3, 0.4) is 0 Å². The second-order valence-corrected chi connectivity index (χ2v) is 4.92. The van der Waals surface area contributed by atoms with Crippen molar-refractivity contribution in [2.45, 2.75) is 33.2 Å². The molecule has 0 saturated carbocycles. The molecule has 0 radical (unpaired) electrons. The van der Waals surface area contributed by atoms with Crippen molar-refractivity contribution in [1.82, 2.24) is 4.57 Å². The quantitative estimate of drug-likeness (QED) is 0.812. The van der Waals surface area contributed by atoms with Gasteiger partial charge in [0.05, 0.1) is 12.1 Å². The molecular formula is C16H18FNO3. The van der Waals surface area contributed by atoms with E-state index >= 15 is 0 Å². The van der Waals surface area contributed by atoms with Crippen molar-refractivity contribution >= 4 is 16.9 Å². The maximum absolute atomic E-state index is 13.5. The molecule has 1 unspecified atom stereocenters. The molecular weight excluding hydrogens is 273 g/mol. The Morgan fingerprint density at radius 3 is 2.71 bits per heavy atom. The summed E-state index contributed by atoms with van der Waals surface area (Å²) in [6.07, 6.45) is 2.26. The van der Waals surface area contributed by atoms with E-state index in [1.54, 1.807) is 11.5 Å². The Morgan fingerprint density at radius 2 is 2.10 bits per heavy atom. The molecule has 0 bridgehead atoms. The normalized spacial score (nSPS) is 12.4. The highest BCUT2D eigenvalue weighted by molar-refractivity contribution is 5.93. The van der Waals surface area contributed by atoms with Gasteiger partial charge in [-0.2, -0.15) is 0 Å². The number of esters is 1. The van der Waals surface area contributed by atoms with Crippen LogP contribution in [0.4, 0.5) is 4.39 Å². The minimum atomic E-state index is -0.647. The monoisotopic (exact) mass is 291 g/mol. The molecule has 0 saturated heterocycles. The predicted molar refractivity (Wildman–Crippen MR) is 79.1 cm³/mol. The number of hydrogen-bond donors (Lipinski definition) is 0. The summed E-state index contributed by atoms with van der Waals surface area (Å²) in [6, 6.07) is 3.98. The number of ether oxygens (including phenoxy) is 1. The second kappa shape index (κ2) is 6.08. The Balaban J connectivity index is 2.79. The van der Waals surface area contributed by atoms with Gasteiger partial charge in [-0.3, -0.25) is 4.79 Å². The van der Waals surface area contributed by atoms with Crippen molar-refractivity contribution in [3.05, 3.63) is 46.0 Å². The first-order chi connectivity index (χ1) is 9.99. The Labute approximate surface area is 122 Å². The van der Waals surface area contributed by atoms with E-state index in [1.165, 1.54) is 24.4 Å². The molecule has 0 fully saturated rings. The molecule has 0 aliphatic carbocycles. The van der Waals surface area contributed by atoms with Crippen LogP contribution in [0.5, 0.6) is 0 Å². The average Bonchev–Trinajstić information content (AvgIpc) is 2.47.